The van der Waals surface area contributed by atoms with E-state index in [1.54, 1.807) is 53.0 Å². The smallest absolute Gasteiger partial charge is 0.303 e. The molecule has 2 saturated heterocycles. The third kappa shape index (κ3) is 17.0. The van der Waals surface area contributed by atoms with Gasteiger partial charge in [0.15, 0.2) is 11.9 Å². The van der Waals surface area contributed by atoms with Gasteiger partial charge < -0.3 is 30.1 Å². The number of aromatic hydroxyl groups is 1. The lowest BCUT2D eigenvalue weighted by Gasteiger charge is -2.37. The number of esters is 1. The van der Waals surface area contributed by atoms with Crippen LogP contribution in [-0.4, -0.2) is 123 Å². The number of anilines is 1. The van der Waals surface area contributed by atoms with Crippen LogP contribution in [-0.2, 0) is 39.9 Å². The number of likely N-dealkylation sites (tertiary alicyclic amines) is 1. The number of rotatable bonds is 27. The van der Waals surface area contributed by atoms with Gasteiger partial charge in [0.1, 0.15) is 22.2 Å². The van der Waals surface area contributed by atoms with Gasteiger partial charge in [0.05, 0.1) is 30.0 Å². The van der Waals surface area contributed by atoms with E-state index in [1.165, 1.54) is 24.3 Å². The Labute approximate surface area is 398 Å². The molecule has 4 rings (SSSR count). The third-order valence-corrected chi connectivity index (χ3v) is 16.3. The van der Waals surface area contributed by atoms with Crippen LogP contribution in [0, 0.1) is 17.8 Å². The normalized spacial score (nSPS) is 18.9. The number of amides is 3. The van der Waals surface area contributed by atoms with Crippen molar-refractivity contribution in [2.75, 3.05) is 50.0 Å². The lowest BCUT2D eigenvalue weighted by Crippen LogP contribution is -2.48. The number of ketones is 2. The summed E-state index contributed by atoms with van der Waals surface area (Å²) in [6.07, 6.45) is 6.27. The van der Waals surface area contributed by atoms with Crippen molar-refractivity contribution in [2.24, 2.45) is 17.8 Å². The van der Waals surface area contributed by atoms with Crippen molar-refractivity contribution >= 4 is 75.8 Å². The molecule has 2 fully saturated rings. The highest BCUT2D eigenvalue weighted by Gasteiger charge is 2.38. The van der Waals surface area contributed by atoms with Gasteiger partial charge in [-0.25, -0.2) is 4.98 Å². The van der Waals surface area contributed by atoms with Crippen LogP contribution in [0.4, 0.5) is 5.69 Å². The van der Waals surface area contributed by atoms with E-state index in [9.17, 15) is 33.9 Å². The maximum atomic E-state index is 14.3. The van der Waals surface area contributed by atoms with Crippen LogP contribution in [0.15, 0.2) is 23.6 Å². The van der Waals surface area contributed by atoms with Crippen LogP contribution in [0.5, 0.6) is 5.75 Å². The minimum atomic E-state index is -0.819. The number of carbonyl (C=O) groups excluding carboxylic acids is 6. The summed E-state index contributed by atoms with van der Waals surface area (Å²) in [6, 6.07) is 4.14. The second-order valence-electron chi connectivity index (χ2n) is 18.0. The van der Waals surface area contributed by atoms with Gasteiger partial charge >= 0.3 is 5.97 Å². The maximum absolute atomic E-state index is 14.3. The minimum absolute atomic E-state index is 0.00999. The molecular weight excluding hydrogens is 887 g/mol. The Bertz CT molecular complexity index is 1890. The van der Waals surface area contributed by atoms with Crippen LogP contribution >= 0.6 is 34.9 Å². The molecule has 7 atom stereocenters. The first-order valence-corrected chi connectivity index (χ1v) is 26.5. The Morgan fingerprint density at radius 2 is 1.82 bits per heavy atom. The van der Waals surface area contributed by atoms with E-state index in [2.05, 4.69) is 20.5 Å². The molecule has 3 amide bonds. The van der Waals surface area contributed by atoms with E-state index in [0.29, 0.717) is 37.3 Å². The summed E-state index contributed by atoms with van der Waals surface area (Å²) in [7, 11) is 3.75. The van der Waals surface area contributed by atoms with Gasteiger partial charge in [-0.3, -0.25) is 33.7 Å². The van der Waals surface area contributed by atoms with Gasteiger partial charge in [-0.15, -0.1) is 34.9 Å². The standard InChI is InChI=1S/C48H73N5O9S3/c1-9-14-34(23-33-17-18-40(55)36(24-33)50-45(58)19-22-61-21-13-16-41(56)44-28-63-29-65-44)49-46(59)37-27-64-47(51-37)43(62-32(6)54)26-39(30(3)4)53(8)48(60)35(31(5)10-2)25-42(57)38-15-11-12-20-52(38)7/h17-18,24,27,30-31,34-35,38-39,43-44,55H,9-16,19-23,25-26,28-29H2,1-8H3,(H,49,59)(H,50,58)/t31-,34+,35-,38+,39+,43+,44?/m0/s1. The van der Waals surface area contributed by atoms with E-state index in [0.717, 1.165) is 55.1 Å². The molecule has 0 saturated carbocycles. The second-order valence-corrected chi connectivity index (χ2v) is 21.4. The number of thiazole rings is 1. The molecule has 2 aliphatic rings. The molecule has 0 bridgehead atoms. The zero-order valence-electron chi connectivity index (χ0n) is 39.7. The Morgan fingerprint density at radius 3 is 2.48 bits per heavy atom. The number of phenols is 1. The first kappa shape index (κ1) is 54.1. The zero-order chi connectivity index (χ0) is 47.6. The molecule has 0 spiro atoms. The summed E-state index contributed by atoms with van der Waals surface area (Å²) in [5.41, 5.74) is 1.23. The fraction of sp³-hybridized carbons (Fsp3) is 0.688. The molecule has 0 aliphatic carbocycles. The summed E-state index contributed by atoms with van der Waals surface area (Å²) in [6.45, 7) is 12.9. The fourth-order valence-electron chi connectivity index (χ4n) is 8.55. The van der Waals surface area contributed by atoms with Gasteiger partial charge in [-0.1, -0.05) is 59.9 Å². The van der Waals surface area contributed by atoms with Gasteiger partial charge in [-0.05, 0) is 75.2 Å². The molecule has 2 aliphatic heterocycles. The third-order valence-electron chi connectivity index (χ3n) is 12.6. The number of benzene rings is 1. The van der Waals surface area contributed by atoms with E-state index in [-0.39, 0.29) is 102 Å². The van der Waals surface area contributed by atoms with Gasteiger partial charge in [0, 0.05) is 74.1 Å². The summed E-state index contributed by atoms with van der Waals surface area (Å²) >= 11 is 4.69. The number of phenolic OH excluding ortho intramolecular Hbond substituents is 1. The molecule has 14 nitrogen and oxygen atoms in total. The quantitative estimate of drug-likeness (QED) is 0.0444. The summed E-state index contributed by atoms with van der Waals surface area (Å²) < 4.78 is 11.4. The topological polar surface area (TPSA) is 185 Å². The summed E-state index contributed by atoms with van der Waals surface area (Å²) in [5, 5.41) is 19.6. The zero-order valence-corrected chi connectivity index (χ0v) is 42.2. The number of nitrogens with zero attached hydrogens (tertiary/aromatic N) is 3. The molecule has 1 unspecified atom stereocenters. The Balaban J connectivity index is 1.37. The minimum Gasteiger partial charge on any atom is -0.506 e. The van der Waals surface area contributed by atoms with E-state index in [4.69, 9.17) is 9.47 Å². The highest BCUT2D eigenvalue weighted by atomic mass is 32.2. The molecule has 65 heavy (non-hydrogen) atoms. The van der Waals surface area contributed by atoms with Crippen molar-refractivity contribution in [3.05, 3.63) is 39.8 Å². The van der Waals surface area contributed by atoms with E-state index in [1.807, 2.05) is 41.7 Å². The molecule has 0 radical (unpaired) electrons. The molecule has 3 heterocycles. The number of Topliss-reactive ketones (excluding diaryl/α,β-unsaturated/α-hetero) is 2. The van der Waals surface area contributed by atoms with Crippen molar-refractivity contribution in [1.29, 1.82) is 0 Å². The number of carbonyl (C=O) groups is 6. The average molecular weight is 960 g/mol. The summed E-state index contributed by atoms with van der Waals surface area (Å²) in [4.78, 5) is 87.7. The first-order valence-electron chi connectivity index (χ1n) is 23.4. The van der Waals surface area contributed by atoms with Crippen molar-refractivity contribution in [1.82, 2.24) is 20.1 Å². The number of aromatic nitrogens is 1. The van der Waals surface area contributed by atoms with Crippen LogP contribution in [0.2, 0.25) is 0 Å². The Kier molecular flexibility index (Phi) is 22.8. The first-order chi connectivity index (χ1) is 31.0. The second kappa shape index (κ2) is 27.3. The van der Waals surface area contributed by atoms with Gasteiger partial charge in [-0.2, -0.15) is 0 Å². The SMILES string of the molecule is CCC[C@H](Cc1ccc(O)c(NC(=O)CCOCCCC(=O)C2CSCS2)c1)NC(=O)c1csc([C@@H](C[C@H](C(C)C)N(C)C(=O)[C@@H](CC(=O)[C@H]2CCCCN2C)[C@@H](C)CC)OC(C)=O)n1. The Hall–Kier alpha value is -3.51. The van der Waals surface area contributed by atoms with Crippen molar-refractivity contribution in [3.63, 3.8) is 0 Å². The molecule has 2 aromatic rings. The lowest BCUT2D eigenvalue weighted by atomic mass is 9.83. The molecule has 362 valence electrons. The van der Waals surface area contributed by atoms with E-state index >= 15 is 0 Å². The molecule has 1 aromatic carbocycles. The number of hydrogen-bond acceptors (Lipinski definition) is 14. The number of ether oxygens (including phenoxy) is 2. The van der Waals surface area contributed by atoms with Crippen LogP contribution in [0.3, 0.4) is 0 Å². The van der Waals surface area contributed by atoms with Crippen LogP contribution in [0.25, 0.3) is 0 Å². The van der Waals surface area contributed by atoms with Crippen LogP contribution < -0.4 is 10.6 Å². The monoisotopic (exact) mass is 959 g/mol. The lowest BCUT2D eigenvalue weighted by molar-refractivity contribution is -0.149. The molecular formula is C48H73N5O9S3. The molecule has 17 heteroatoms. The number of likely N-dealkylation sites (N-methyl/N-ethyl adjacent to an activating group) is 1. The van der Waals surface area contributed by atoms with Crippen molar-refractivity contribution in [3.8, 4) is 5.75 Å². The van der Waals surface area contributed by atoms with Crippen LogP contribution in [0.1, 0.15) is 139 Å². The highest BCUT2D eigenvalue weighted by Crippen LogP contribution is 2.34. The molecule has 1 aromatic heterocycles. The largest absolute Gasteiger partial charge is 0.506 e. The number of hydrogen-bond donors (Lipinski definition) is 3. The van der Waals surface area contributed by atoms with Gasteiger partial charge in [0.2, 0.25) is 11.8 Å². The average Bonchev–Trinajstić information content (AvgIpc) is 4.00. The highest BCUT2D eigenvalue weighted by molar-refractivity contribution is 8.19. The maximum Gasteiger partial charge on any atom is 0.303 e. The summed E-state index contributed by atoms with van der Waals surface area (Å²) in [5.74, 6) is -0.689. The predicted molar refractivity (Wildman–Crippen MR) is 260 cm³/mol. The molecule has 3 N–H and O–H groups in total. The number of thioether (sulfide) groups is 2. The number of piperidine rings is 1. The van der Waals surface area contributed by atoms with Crippen molar-refractivity contribution in [2.45, 2.75) is 148 Å². The van der Waals surface area contributed by atoms with Crippen molar-refractivity contribution < 1.29 is 43.3 Å². The fourth-order valence-corrected chi connectivity index (χ4v) is 12.2. The Morgan fingerprint density at radius 1 is 1.05 bits per heavy atom. The van der Waals surface area contributed by atoms with Gasteiger partial charge in [0.25, 0.3) is 5.91 Å². The number of nitrogens with one attached hydrogen (secondary N) is 2. The predicted octanol–water partition coefficient (Wildman–Crippen LogP) is 8.07. The van der Waals surface area contributed by atoms with E-state index < -0.39 is 23.9 Å².